The molecule has 4 amide bonds. The molecule has 0 atom stereocenters. The summed E-state index contributed by atoms with van der Waals surface area (Å²) in [4.78, 5) is 38.0. The summed E-state index contributed by atoms with van der Waals surface area (Å²) in [5.41, 5.74) is 4.31. The Hall–Kier alpha value is -4.66. The molecular weight excluding hydrogens is 492 g/mol. The summed E-state index contributed by atoms with van der Waals surface area (Å²) < 4.78 is 1.68. The van der Waals surface area contributed by atoms with Crippen molar-refractivity contribution >= 4 is 40.1 Å². The molecule has 1 saturated heterocycles. The Bertz CT molecular complexity index is 1590. The van der Waals surface area contributed by atoms with E-state index < -0.39 is 11.4 Å². The molecule has 2 heterocycles. The quantitative estimate of drug-likeness (QED) is 0.305. The Kier molecular flexibility index (Phi) is 6.38. The van der Waals surface area contributed by atoms with Crippen LogP contribution in [0.2, 0.25) is 0 Å². The highest BCUT2D eigenvalue weighted by molar-refractivity contribution is 6.09. The number of hydrazine groups is 1. The number of amides is 4. The van der Waals surface area contributed by atoms with Gasteiger partial charge < -0.3 is 5.32 Å². The lowest BCUT2D eigenvalue weighted by Gasteiger charge is -2.18. The fourth-order valence-corrected chi connectivity index (χ4v) is 4.47. The van der Waals surface area contributed by atoms with E-state index >= 15 is 0 Å². The SMILES string of the molecule is CC1(C)C(=O)NN(Cc2cccc(-n3nc(C(C)(C)C)cc3NC(=O)Nc3cccc4ccccc34)c2)C1=O. The minimum Gasteiger partial charge on any atom is -0.307 e. The lowest BCUT2D eigenvalue weighted by Crippen LogP contribution is -2.35. The van der Waals surface area contributed by atoms with Gasteiger partial charge in [-0.2, -0.15) is 5.10 Å². The van der Waals surface area contributed by atoms with Crippen molar-refractivity contribution in [2.24, 2.45) is 5.41 Å². The first-order valence-corrected chi connectivity index (χ1v) is 12.8. The third-order valence-electron chi connectivity index (χ3n) is 6.84. The van der Waals surface area contributed by atoms with Crippen LogP contribution in [0.1, 0.15) is 45.9 Å². The molecule has 9 nitrogen and oxygen atoms in total. The molecule has 9 heteroatoms. The zero-order valence-electron chi connectivity index (χ0n) is 22.7. The summed E-state index contributed by atoms with van der Waals surface area (Å²) in [6.07, 6.45) is 0. The number of carbonyl (C=O) groups is 3. The molecule has 3 aromatic carbocycles. The second-order valence-corrected chi connectivity index (χ2v) is 11.3. The Morgan fingerprint density at radius 1 is 0.949 bits per heavy atom. The number of anilines is 2. The van der Waals surface area contributed by atoms with Crippen molar-refractivity contribution in [3.63, 3.8) is 0 Å². The zero-order chi connectivity index (χ0) is 27.9. The number of rotatable bonds is 5. The van der Waals surface area contributed by atoms with Crippen LogP contribution in [-0.4, -0.2) is 32.6 Å². The molecule has 0 aliphatic carbocycles. The van der Waals surface area contributed by atoms with E-state index in [2.05, 4.69) is 36.8 Å². The molecule has 4 aromatic rings. The van der Waals surface area contributed by atoms with E-state index in [1.54, 1.807) is 18.5 Å². The van der Waals surface area contributed by atoms with Crippen LogP contribution in [0, 0.1) is 5.41 Å². The number of nitrogens with zero attached hydrogens (tertiary/aromatic N) is 3. The van der Waals surface area contributed by atoms with E-state index in [1.807, 2.05) is 72.8 Å². The van der Waals surface area contributed by atoms with Crippen molar-refractivity contribution < 1.29 is 14.4 Å². The van der Waals surface area contributed by atoms with E-state index in [4.69, 9.17) is 5.10 Å². The third kappa shape index (κ3) is 5.07. The summed E-state index contributed by atoms with van der Waals surface area (Å²) in [5.74, 6) is -0.102. The van der Waals surface area contributed by atoms with Crippen molar-refractivity contribution in [2.45, 2.75) is 46.6 Å². The van der Waals surface area contributed by atoms with Crippen LogP contribution in [0.15, 0.2) is 72.8 Å². The first-order valence-electron chi connectivity index (χ1n) is 12.8. The van der Waals surface area contributed by atoms with Crippen LogP contribution < -0.4 is 16.1 Å². The van der Waals surface area contributed by atoms with Crippen LogP contribution >= 0.6 is 0 Å². The van der Waals surface area contributed by atoms with E-state index in [1.165, 1.54) is 5.01 Å². The molecule has 0 saturated carbocycles. The van der Waals surface area contributed by atoms with Gasteiger partial charge in [0.2, 0.25) is 0 Å². The topological polar surface area (TPSA) is 108 Å². The smallest absolute Gasteiger partial charge is 0.307 e. The maximum absolute atomic E-state index is 13.1. The van der Waals surface area contributed by atoms with Gasteiger partial charge in [-0.25, -0.2) is 14.5 Å². The highest BCUT2D eigenvalue weighted by Gasteiger charge is 2.46. The van der Waals surface area contributed by atoms with Crippen LogP contribution in [0.25, 0.3) is 16.5 Å². The van der Waals surface area contributed by atoms with Gasteiger partial charge in [0.1, 0.15) is 11.2 Å². The molecule has 39 heavy (non-hydrogen) atoms. The van der Waals surface area contributed by atoms with Gasteiger partial charge >= 0.3 is 6.03 Å². The van der Waals surface area contributed by atoms with Gasteiger partial charge in [0, 0.05) is 16.9 Å². The zero-order valence-corrected chi connectivity index (χ0v) is 22.7. The number of hydrogen-bond donors (Lipinski definition) is 3. The van der Waals surface area contributed by atoms with Gasteiger partial charge in [0.05, 0.1) is 23.6 Å². The van der Waals surface area contributed by atoms with E-state index in [0.717, 1.165) is 22.0 Å². The van der Waals surface area contributed by atoms with E-state index in [0.29, 0.717) is 17.2 Å². The lowest BCUT2D eigenvalue weighted by atomic mass is 9.92. The maximum atomic E-state index is 13.1. The van der Waals surface area contributed by atoms with Gasteiger partial charge in [-0.1, -0.05) is 69.3 Å². The number of hydrogen-bond acceptors (Lipinski definition) is 4. The molecule has 1 aliphatic rings. The molecule has 0 spiro atoms. The minimum absolute atomic E-state index is 0.208. The van der Waals surface area contributed by atoms with E-state index in [-0.39, 0.29) is 23.8 Å². The summed E-state index contributed by atoms with van der Waals surface area (Å²) in [7, 11) is 0. The molecule has 0 unspecified atom stereocenters. The molecule has 0 bridgehead atoms. The number of nitrogens with one attached hydrogen (secondary N) is 3. The second kappa shape index (κ2) is 9.58. The molecule has 3 N–H and O–H groups in total. The Balaban J connectivity index is 1.43. The number of urea groups is 1. The van der Waals surface area contributed by atoms with Gasteiger partial charge in [0.25, 0.3) is 11.8 Å². The second-order valence-electron chi connectivity index (χ2n) is 11.3. The Morgan fingerprint density at radius 3 is 2.38 bits per heavy atom. The van der Waals surface area contributed by atoms with E-state index in [9.17, 15) is 14.4 Å². The van der Waals surface area contributed by atoms with Crippen molar-refractivity contribution in [1.82, 2.24) is 20.2 Å². The average molecular weight is 525 g/mol. The largest absolute Gasteiger partial charge is 0.324 e. The summed E-state index contributed by atoms with van der Waals surface area (Å²) in [6, 6.07) is 22.6. The average Bonchev–Trinajstić information content (AvgIpc) is 3.39. The lowest BCUT2D eigenvalue weighted by molar-refractivity contribution is -0.137. The number of aromatic nitrogens is 2. The molecule has 5 rings (SSSR count). The van der Waals surface area contributed by atoms with Crippen molar-refractivity contribution in [1.29, 1.82) is 0 Å². The van der Waals surface area contributed by atoms with Gasteiger partial charge in [0.15, 0.2) is 0 Å². The third-order valence-corrected chi connectivity index (χ3v) is 6.84. The monoisotopic (exact) mass is 524 g/mol. The van der Waals surface area contributed by atoms with Crippen LogP contribution in [0.5, 0.6) is 0 Å². The summed E-state index contributed by atoms with van der Waals surface area (Å²) in [6.45, 7) is 9.60. The first kappa shape index (κ1) is 26.0. The summed E-state index contributed by atoms with van der Waals surface area (Å²) >= 11 is 0. The van der Waals surface area contributed by atoms with Gasteiger partial charge in [-0.3, -0.25) is 20.3 Å². The Labute approximate surface area is 227 Å². The number of carbonyl (C=O) groups excluding carboxylic acids is 3. The predicted molar refractivity (Wildman–Crippen MR) is 151 cm³/mol. The fourth-order valence-electron chi connectivity index (χ4n) is 4.47. The molecule has 1 fully saturated rings. The normalized spacial score (nSPS) is 14.9. The van der Waals surface area contributed by atoms with Gasteiger partial charge in [-0.05, 0) is 43.0 Å². The molecule has 0 radical (unpaired) electrons. The minimum atomic E-state index is -1.10. The van der Waals surface area contributed by atoms with Crippen LogP contribution in [0.4, 0.5) is 16.3 Å². The molecule has 200 valence electrons. The molecule has 1 aromatic heterocycles. The maximum Gasteiger partial charge on any atom is 0.324 e. The van der Waals surface area contributed by atoms with Gasteiger partial charge in [-0.15, -0.1) is 0 Å². The molecular formula is C30H32N6O3. The standard InChI is InChI=1S/C30H32N6O3/c1-29(2,3)24-17-25(32-28(39)31-23-15-9-12-20-11-6-7-14-22(20)23)36(33-24)21-13-8-10-19(16-21)18-35-27(38)30(4,5)26(37)34-35/h6-17H,18H2,1-5H3,(H,34,37)(H2,31,32,39). The van der Waals surface area contributed by atoms with Crippen LogP contribution in [-0.2, 0) is 21.5 Å². The Morgan fingerprint density at radius 2 is 1.67 bits per heavy atom. The van der Waals surface area contributed by atoms with Crippen molar-refractivity contribution in [2.75, 3.05) is 10.6 Å². The molecule has 1 aliphatic heterocycles. The summed E-state index contributed by atoms with van der Waals surface area (Å²) in [5, 5.41) is 14.0. The fraction of sp³-hybridized carbons (Fsp3) is 0.267. The van der Waals surface area contributed by atoms with Crippen molar-refractivity contribution in [3.8, 4) is 5.69 Å². The van der Waals surface area contributed by atoms with Crippen molar-refractivity contribution in [3.05, 3.63) is 84.1 Å². The first-order chi connectivity index (χ1) is 18.4. The number of benzene rings is 3. The van der Waals surface area contributed by atoms with Crippen LogP contribution in [0.3, 0.4) is 0 Å². The highest BCUT2D eigenvalue weighted by atomic mass is 16.2. The predicted octanol–water partition coefficient (Wildman–Crippen LogP) is 5.37. The highest BCUT2D eigenvalue weighted by Crippen LogP contribution is 2.29. The number of fused-ring (bicyclic) bond motifs is 1.